The summed E-state index contributed by atoms with van der Waals surface area (Å²) in [6.07, 6.45) is 4.89. The Hall–Kier alpha value is -2.96. The first-order valence-electron chi connectivity index (χ1n) is 8.31. The normalized spacial score (nSPS) is 13.8. The van der Waals surface area contributed by atoms with Crippen LogP contribution in [-0.4, -0.2) is 57.4 Å². The predicted octanol–water partition coefficient (Wildman–Crippen LogP) is 1.41. The van der Waals surface area contributed by atoms with Crippen LogP contribution in [0.3, 0.4) is 0 Å². The minimum absolute atomic E-state index is 0.0755. The van der Waals surface area contributed by atoms with Crippen LogP contribution in [0.15, 0.2) is 36.9 Å². The third kappa shape index (κ3) is 2.82. The molecular formula is C18H20N6O. The second-order valence-electron chi connectivity index (χ2n) is 6.49. The summed E-state index contributed by atoms with van der Waals surface area (Å²) < 4.78 is 0. The van der Waals surface area contributed by atoms with Gasteiger partial charge in [0.15, 0.2) is 11.5 Å². The van der Waals surface area contributed by atoms with Crippen molar-refractivity contribution in [2.45, 2.75) is 18.9 Å². The van der Waals surface area contributed by atoms with E-state index in [0.717, 1.165) is 18.4 Å². The molecule has 0 saturated heterocycles. The molecule has 0 bridgehead atoms. The number of hydrogen-bond acceptors (Lipinski definition) is 5. The van der Waals surface area contributed by atoms with E-state index in [9.17, 15) is 4.79 Å². The average molecular weight is 336 g/mol. The fourth-order valence-electron chi connectivity index (χ4n) is 3.44. The molecular weight excluding hydrogens is 316 g/mol. The van der Waals surface area contributed by atoms with Crippen molar-refractivity contribution in [3.63, 3.8) is 0 Å². The Kier molecular flexibility index (Phi) is 3.83. The van der Waals surface area contributed by atoms with Gasteiger partial charge >= 0.3 is 0 Å². The van der Waals surface area contributed by atoms with Gasteiger partial charge in [0.25, 0.3) is 0 Å². The van der Waals surface area contributed by atoms with Gasteiger partial charge in [0.1, 0.15) is 11.8 Å². The Labute approximate surface area is 145 Å². The minimum atomic E-state index is 0.0755. The lowest BCUT2D eigenvalue weighted by atomic mass is 10.1. The number of aromatic nitrogens is 4. The molecule has 7 nitrogen and oxygen atoms in total. The molecule has 0 aliphatic heterocycles. The van der Waals surface area contributed by atoms with Gasteiger partial charge in [0.2, 0.25) is 5.91 Å². The molecule has 7 heteroatoms. The van der Waals surface area contributed by atoms with Crippen LogP contribution < -0.4 is 4.90 Å². The third-order valence-electron chi connectivity index (χ3n) is 4.91. The number of fused-ring (bicyclic) bond motifs is 2. The Bertz CT molecular complexity index is 896. The monoisotopic (exact) mass is 336 g/mol. The Morgan fingerprint density at radius 3 is 2.60 bits per heavy atom. The summed E-state index contributed by atoms with van der Waals surface area (Å²) in [7, 11) is 3.75. The topological polar surface area (TPSA) is 78.0 Å². The zero-order chi connectivity index (χ0) is 17.4. The van der Waals surface area contributed by atoms with E-state index in [0.29, 0.717) is 11.5 Å². The van der Waals surface area contributed by atoms with E-state index in [4.69, 9.17) is 0 Å². The summed E-state index contributed by atoms with van der Waals surface area (Å²) >= 11 is 0. The number of imidazole rings is 1. The molecule has 4 rings (SSSR count). The van der Waals surface area contributed by atoms with Crippen LogP contribution in [0.4, 0.5) is 5.82 Å². The molecule has 1 aliphatic carbocycles. The molecule has 3 aromatic rings. The first-order chi connectivity index (χ1) is 12.1. The molecule has 0 fully saturated rings. The SMILES string of the molecule is CN(CC(=O)N(C)C1Cc2ccccc2C1)c1ncnc2nc[nH]c12. The molecule has 0 unspecified atom stereocenters. The van der Waals surface area contributed by atoms with Crippen LogP contribution >= 0.6 is 0 Å². The second kappa shape index (κ2) is 6.16. The Morgan fingerprint density at radius 1 is 1.16 bits per heavy atom. The molecule has 1 aliphatic rings. The highest BCUT2D eigenvalue weighted by Gasteiger charge is 2.28. The lowest BCUT2D eigenvalue weighted by Gasteiger charge is -2.27. The van der Waals surface area contributed by atoms with Gasteiger partial charge in [-0.2, -0.15) is 0 Å². The predicted molar refractivity (Wildman–Crippen MR) is 95.4 cm³/mol. The number of benzene rings is 1. The number of rotatable bonds is 4. The lowest BCUT2D eigenvalue weighted by molar-refractivity contribution is -0.130. The highest BCUT2D eigenvalue weighted by atomic mass is 16.2. The zero-order valence-electron chi connectivity index (χ0n) is 14.3. The van der Waals surface area contributed by atoms with Gasteiger partial charge in [0.05, 0.1) is 12.9 Å². The number of nitrogens with one attached hydrogen (secondary N) is 1. The maximum absolute atomic E-state index is 12.8. The first-order valence-corrected chi connectivity index (χ1v) is 8.31. The maximum Gasteiger partial charge on any atom is 0.242 e. The number of carbonyl (C=O) groups excluding carboxylic acids is 1. The third-order valence-corrected chi connectivity index (χ3v) is 4.91. The van der Waals surface area contributed by atoms with Gasteiger partial charge in [-0.25, -0.2) is 15.0 Å². The molecule has 0 atom stereocenters. The quantitative estimate of drug-likeness (QED) is 0.779. The van der Waals surface area contributed by atoms with Gasteiger partial charge in [-0.15, -0.1) is 0 Å². The Balaban J connectivity index is 1.46. The number of nitrogens with zero attached hydrogens (tertiary/aromatic N) is 5. The minimum Gasteiger partial charge on any atom is -0.348 e. The lowest BCUT2D eigenvalue weighted by Crippen LogP contribution is -2.43. The van der Waals surface area contributed by atoms with Crippen LogP contribution in [-0.2, 0) is 17.6 Å². The molecule has 128 valence electrons. The van der Waals surface area contributed by atoms with Gasteiger partial charge in [-0.1, -0.05) is 24.3 Å². The van der Waals surface area contributed by atoms with Crippen molar-refractivity contribution >= 4 is 22.9 Å². The smallest absolute Gasteiger partial charge is 0.242 e. The summed E-state index contributed by atoms with van der Waals surface area (Å²) in [6.45, 7) is 0.258. The van der Waals surface area contributed by atoms with Crippen LogP contribution in [0, 0.1) is 0 Å². The first kappa shape index (κ1) is 15.6. The summed E-state index contributed by atoms with van der Waals surface area (Å²) in [5, 5.41) is 0. The molecule has 1 N–H and O–H groups in total. The van der Waals surface area contributed by atoms with Gasteiger partial charge < -0.3 is 14.8 Å². The van der Waals surface area contributed by atoms with Crippen molar-refractivity contribution in [2.24, 2.45) is 0 Å². The van der Waals surface area contributed by atoms with Gasteiger partial charge in [-0.3, -0.25) is 4.79 Å². The fourth-order valence-corrected chi connectivity index (χ4v) is 3.44. The van der Waals surface area contributed by atoms with Crippen LogP contribution in [0.5, 0.6) is 0 Å². The maximum atomic E-state index is 12.8. The van der Waals surface area contributed by atoms with E-state index < -0.39 is 0 Å². The van der Waals surface area contributed by atoms with E-state index in [1.807, 2.05) is 23.9 Å². The number of H-pyrrole nitrogens is 1. The summed E-state index contributed by atoms with van der Waals surface area (Å²) in [6, 6.07) is 8.63. The summed E-state index contributed by atoms with van der Waals surface area (Å²) in [5.41, 5.74) is 4.03. The molecule has 2 heterocycles. The number of amides is 1. The average Bonchev–Trinajstić information content (AvgIpc) is 3.26. The van der Waals surface area contributed by atoms with Crippen molar-refractivity contribution in [3.8, 4) is 0 Å². The van der Waals surface area contributed by atoms with Crippen molar-refractivity contribution in [2.75, 3.05) is 25.5 Å². The molecule has 0 radical (unpaired) electrons. The number of anilines is 1. The van der Waals surface area contributed by atoms with E-state index in [1.165, 1.54) is 17.5 Å². The number of carbonyl (C=O) groups is 1. The van der Waals surface area contributed by atoms with Crippen LogP contribution in [0.2, 0.25) is 0 Å². The summed E-state index contributed by atoms with van der Waals surface area (Å²) in [4.78, 5) is 32.0. The van der Waals surface area contributed by atoms with E-state index >= 15 is 0 Å². The zero-order valence-corrected chi connectivity index (χ0v) is 14.3. The van der Waals surface area contributed by atoms with Crippen molar-refractivity contribution in [1.29, 1.82) is 0 Å². The molecule has 1 aromatic carbocycles. The van der Waals surface area contributed by atoms with Crippen molar-refractivity contribution in [3.05, 3.63) is 48.0 Å². The molecule has 1 amide bonds. The highest BCUT2D eigenvalue weighted by Crippen LogP contribution is 2.25. The highest BCUT2D eigenvalue weighted by molar-refractivity contribution is 5.87. The number of aromatic amines is 1. The summed E-state index contributed by atoms with van der Waals surface area (Å²) in [5.74, 6) is 0.755. The van der Waals surface area contributed by atoms with Crippen molar-refractivity contribution in [1.82, 2.24) is 24.8 Å². The molecule has 2 aromatic heterocycles. The largest absolute Gasteiger partial charge is 0.348 e. The number of hydrogen-bond donors (Lipinski definition) is 1. The van der Waals surface area contributed by atoms with E-state index in [-0.39, 0.29) is 18.5 Å². The van der Waals surface area contributed by atoms with Gasteiger partial charge in [-0.05, 0) is 24.0 Å². The second-order valence-corrected chi connectivity index (χ2v) is 6.49. The van der Waals surface area contributed by atoms with E-state index in [1.54, 1.807) is 6.33 Å². The van der Waals surface area contributed by atoms with Crippen LogP contribution in [0.25, 0.3) is 11.2 Å². The fraction of sp³-hybridized carbons (Fsp3) is 0.333. The van der Waals surface area contributed by atoms with E-state index in [2.05, 4.69) is 44.2 Å². The van der Waals surface area contributed by atoms with Gasteiger partial charge in [0, 0.05) is 20.1 Å². The van der Waals surface area contributed by atoms with Crippen molar-refractivity contribution < 1.29 is 4.79 Å². The molecule has 0 spiro atoms. The molecule has 25 heavy (non-hydrogen) atoms. The van der Waals surface area contributed by atoms with Crippen LogP contribution in [0.1, 0.15) is 11.1 Å². The standard InChI is InChI=1S/C18H20N6O/c1-23(18-16-17(20-10-19-16)21-11-22-18)9-15(25)24(2)14-7-12-5-3-4-6-13(12)8-14/h3-6,10-11,14H,7-9H2,1-2H3,(H,19,20,21,22). The Morgan fingerprint density at radius 2 is 1.88 bits per heavy atom. The molecule has 0 saturated carbocycles. The number of likely N-dealkylation sites (N-methyl/N-ethyl adjacent to an activating group) is 2.